The third kappa shape index (κ3) is 3.09. The Balaban J connectivity index is 2.64. The Kier molecular flexibility index (Phi) is 4.56. The van der Waals surface area contributed by atoms with Crippen LogP contribution in [0.4, 0.5) is 0 Å². The van der Waals surface area contributed by atoms with Crippen LogP contribution in [0.15, 0.2) is 0 Å². The van der Waals surface area contributed by atoms with Gasteiger partial charge in [-0.3, -0.25) is 9.59 Å². The number of rotatable bonds is 5. The molecule has 7 nitrogen and oxygen atoms in total. The van der Waals surface area contributed by atoms with E-state index in [1.807, 2.05) is 0 Å². The van der Waals surface area contributed by atoms with Crippen LogP contribution < -0.4 is 0 Å². The fourth-order valence-electron chi connectivity index (χ4n) is 1.34. The molecule has 1 saturated heterocycles. The van der Waals surface area contributed by atoms with Crippen LogP contribution >= 0.6 is 0 Å². The van der Waals surface area contributed by atoms with Crippen molar-refractivity contribution >= 4 is 21.0 Å². The molecule has 1 aliphatic heterocycles. The zero-order valence-electron chi connectivity index (χ0n) is 9.35. The first-order valence-corrected chi connectivity index (χ1v) is 6.25. The molecule has 1 heterocycles. The first-order chi connectivity index (χ1) is 7.55. The maximum absolute atomic E-state index is 11.0. The van der Waals surface area contributed by atoms with Gasteiger partial charge in [0, 0.05) is 21.3 Å². The van der Waals surface area contributed by atoms with Crippen LogP contribution in [0, 0.1) is 0 Å². The topological polar surface area (TPSA) is 80.3 Å². The van der Waals surface area contributed by atoms with E-state index in [1.54, 1.807) is 0 Å². The molecular weight excluding hydrogens is 236 g/mol. The van der Waals surface area contributed by atoms with Gasteiger partial charge in [-0.15, -0.1) is 0 Å². The summed E-state index contributed by atoms with van der Waals surface area (Å²) in [6.07, 6.45) is -0.659. The number of cyclic esters (lactones) is 2. The fraction of sp³-hybridized carbons (Fsp3) is 0.750. The van der Waals surface area contributed by atoms with Crippen molar-refractivity contribution in [1.82, 2.24) is 0 Å². The standard InChI is InChI=1S/C8H14O7Si/c1-11-16(12-2,13-3)15-6-4-7(9)14-8(10)5-6/h6H,4-5H2,1-3H3. The van der Waals surface area contributed by atoms with Gasteiger partial charge in [-0.05, 0) is 0 Å². The highest BCUT2D eigenvalue weighted by atomic mass is 28.4. The second kappa shape index (κ2) is 5.50. The molecule has 0 aromatic rings. The van der Waals surface area contributed by atoms with E-state index in [4.69, 9.17) is 17.7 Å². The van der Waals surface area contributed by atoms with Gasteiger partial charge in [-0.1, -0.05) is 0 Å². The Morgan fingerprint density at radius 2 is 1.50 bits per heavy atom. The minimum atomic E-state index is -3.22. The SMILES string of the molecule is CO[Si](OC)(OC)OC1CC(=O)OC(=O)C1. The summed E-state index contributed by atoms with van der Waals surface area (Å²) >= 11 is 0. The Hall–Kier alpha value is -0.803. The van der Waals surface area contributed by atoms with Crippen molar-refractivity contribution in [3.63, 3.8) is 0 Å². The Labute approximate surface area is 94.1 Å². The van der Waals surface area contributed by atoms with E-state index in [-0.39, 0.29) is 12.8 Å². The maximum Gasteiger partial charge on any atom is 0.679 e. The summed E-state index contributed by atoms with van der Waals surface area (Å²) in [7, 11) is 0.908. The lowest BCUT2D eigenvalue weighted by Gasteiger charge is -2.29. The molecule has 8 heteroatoms. The summed E-state index contributed by atoms with van der Waals surface area (Å²) in [5.41, 5.74) is 0. The van der Waals surface area contributed by atoms with E-state index in [2.05, 4.69) is 4.74 Å². The molecule has 0 spiro atoms. The van der Waals surface area contributed by atoms with Crippen molar-refractivity contribution < 1.29 is 32.0 Å². The van der Waals surface area contributed by atoms with Crippen molar-refractivity contribution in [2.24, 2.45) is 0 Å². The third-order valence-corrected chi connectivity index (χ3v) is 4.20. The summed E-state index contributed by atoms with van der Waals surface area (Å²) in [5, 5.41) is 0. The molecule has 0 atom stereocenters. The highest BCUT2D eigenvalue weighted by molar-refractivity contribution is 6.53. The minimum Gasteiger partial charge on any atom is -0.393 e. The number of hydrogen-bond donors (Lipinski definition) is 0. The Bertz CT molecular complexity index is 251. The molecule has 0 aliphatic carbocycles. The quantitative estimate of drug-likeness (QED) is 0.373. The lowest BCUT2D eigenvalue weighted by atomic mass is 10.1. The second-order valence-electron chi connectivity index (χ2n) is 3.11. The van der Waals surface area contributed by atoms with Gasteiger partial charge >= 0.3 is 21.0 Å². The van der Waals surface area contributed by atoms with Crippen LogP contribution in [0.5, 0.6) is 0 Å². The third-order valence-electron chi connectivity index (χ3n) is 2.08. The molecule has 0 amide bonds. The molecule has 0 N–H and O–H groups in total. The van der Waals surface area contributed by atoms with Gasteiger partial charge in [0.15, 0.2) is 0 Å². The fourth-order valence-corrected chi connectivity index (χ4v) is 2.70. The lowest BCUT2D eigenvalue weighted by molar-refractivity contribution is -0.168. The van der Waals surface area contributed by atoms with Crippen LogP contribution in [-0.4, -0.2) is 48.4 Å². The largest absolute Gasteiger partial charge is 0.679 e. The smallest absolute Gasteiger partial charge is 0.393 e. The van der Waals surface area contributed by atoms with Gasteiger partial charge in [0.05, 0.1) is 18.9 Å². The summed E-state index contributed by atoms with van der Waals surface area (Å²) < 4.78 is 24.8. The van der Waals surface area contributed by atoms with Crippen LogP contribution in [0.3, 0.4) is 0 Å². The summed E-state index contributed by atoms with van der Waals surface area (Å²) in [6.45, 7) is 0. The molecule has 0 unspecified atom stereocenters. The van der Waals surface area contributed by atoms with Crippen LogP contribution in [0.25, 0.3) is 0 Å². The van der Waals surface area contributed by atoms with Crippen molar-refractivity contribution in [3.05, 3.63) is 0 Å². The number of esters is 2. The minimum absolute atomic E-state index is 0.0173. The predicted molar refractivity (Wildman–Crippen MR) is 52.0 cm³/mol. The highest BCUT2D eigenvalue weighted by Gasteiger charge is 2.46. The molecule has 0 aromatic carbocycles. The maximum atomic E-state index is 11.0. The molecular formula is C8H14O7Si. The molecule has 16 heavy (non-hydrogen) atoms. The van der Waals surface area contributed by atoms with Crippen molar-refractivity contribution in [1.29, 1.82) is 0 Å². The molecule has 0 radical (unpaired) electrons. The molecule has 0 saturated carbocycles. The van der Waals surface area contributed by atoms with E-state index in [1.165, 1.54) is 21.3 Å². The average Bonchev–Trinajstić information content (AvgIpc) is 2.25. The van der Waals surface area contributed by atoms with Gasteiger partial charge in [0.2, 0.25) is 0 Å². The average molecular weight is 250 g/mol. The van der Waals surface area contributed by atoms with Gasteiger partial charge in [-0.25, -0.2) is 0 Å². The normalized spacial score (nSPS) is 18.7. The van der Waals surface area contributed by atoms with E-state index in [0.29, 0.717) is 0 Å². The summed E-state index contributed by atoms with van der Waals surface area (Å²) in [6, 6.07) is 0. The number of carbonyl (C=O) groups excluding carboxylic acids is 2. The zero-order valence-corrected chi connectivity index (χ0v) is 10.3. The van der Waals surface area contributed by atoms with E-state index >= 15 is 0 Å². The number of hydrogen-bond acceptors (Lipinski definition) is 7. The van der Waals surface area contributed by atoms with E-state index in [0.717, 1.165) is 0 Å². The van der Waals surface area contributed by atoms with Crippen molar-refractivity contribution in [3.8, 4) is 0 Å². The predicted octanol–water partition coefficient (Wildman–Crippen LogP) is -0.390. The first-order valence-electron chi connectivity index (χ1n) is 4.62. The Morgan fingerprint density at radius 1 is 1.06 bits per heavy atom. The van der Waals surface area contributed by atoms with E-state index in [9.17, 15) is 9.59 Å². The number of ether oxygens (including phenoxy) is 1. The highest BCUT2D eigenvalue weighted by Crippen LogP contribution is 2.19. The van der Waals surface area contributed by atoms with Crippen molar-refractivity contribution in [2.75, 3.05) is 21.3 Å². The first kappa shape index (κ1) is 13.3. The molecule has 0 aromatic heterocycles. The van der Waals surface area contributed by atoms with Crippen LogP contribution in [0.2, 0.25) is 0 Å². The zero-order chi connectivity index (χ0) is 12.2. The summed E-state index contributed by atoms with van der Waals surface area (Å²) in [4.78, 5) is 22.0. The molecule has 1 rings (SSSR count). The molecule has 1 aliphatic rings. The molecule has 1 fully saturated rings. The van der Waals surface area contributed by atoms with Crippen molar-refractivity contribution in [2.45, 2.75) is 18.9 Å². The lowest BCUT2D eigenvalue weighted by Crippen LogP contribution is -2.50. The van der Waals surface area contributed by atoms with Gasteiger partial charge in [-0.2, -0.15) is 0 Å². The van der Waals surface area contributed by atoms with Crippen LogP contribution in [0.1, 0.15) is 12.8 Å². The van der Waals surface area contributed by atoms with Crippen LogP contribution in [-0.2, 0) is 32.0 Å². The summed E-state index contributed by atoms with van der Waals surface area (Å²) in [5.74, 6) is -1.24. The Morgan fingerprint density at radius 3 is 1.88 bits per heavy atom. The van der Waals surface area contributed by atoms with E-state index < -0.39 is 27.1 Å². The van der Waals surface area contributed by atoms with Gasteiger partial charge < -0.3 is 22.4 Å². The van der Waals surface area contributed by atoms with Gasteiger partial charge in [0.25, 0.3) is 0 Å². The monoisotopic (exact) mass is 250 g/mol. The molecule has 0 bridgehead atoms. The number of carbonyl (C=O) groups is 2. The second-order valence-corrected chi connectivity index (χ2v) is 5.57. The van der Waals surface area contributed by atoms with Gasteiger partial charge in [0.1, 0.15) is 0 Å². The molecule has 92 valence electrons.